The number of carbonyl (C=O) groups is 1. The number of nitrogens with zero attached hydrogens (tertiary/aromatic N) is 3. The van der Waals surface area contributed by atoms with E-state index in [4.69, 9.17) is 9.47 Å². The van der Waals surface area contributed by atoms with E-state index in [0.29, 0.717) is 12.3 Å². The summed E-state index contributed by atoms with van der Waals surface area (Å²) in [6.45, 7) is 4.12. The average molecular weight is 355 g/mol. The van der Waals surface area contributed by atoms with Crippen LogP contribution in [0.2, 0.25) is 0 Å². The fraction of sp³-hybridized carbons (Fsp3) is 0.400. The van der Waals surface area contributed by atoms with Gasteiger partial charge in [-0.15, -0.1) is 0 Å². The second-order valence-corrected chi connectivity index (χ2v) is 6.39. The van der Waals surface area contributed by atoms with Gasteiger partial charge in [0.1, 0.15) is 5.75 Å². The molecule has 1 fully saturated rings. The zero-order valence-corrected chi connectivity index (χ0v) is 15.4. The summed E-state index contributed by atoms with van der Waals surface area (Å²) >= 11 is 0. The van der Waals surface area contributed by atoms with E-state index in [2.05, 4.69) is 9.88 Å². The van der Waals surface area contributed by atoms with Gasteiger partial charge in [0.05, 0.1) is 20.6 Å². The van der Waals surface area contributed by atoms with Gasteiger partial charge in [-0.2, -0.15) is 0 Å². The van der Waals surface area contributed by atoms with Crippen LogP contribution < -0.4 is 9.47 Å². The first kappa shape index (κ1) is 18.2. The van der Waals surface area contributed by atoms with Gasteiger partial charge in [-0.05, 0) is 23.3 Å². The van der Waals surface area contributed by atoms with Crippen molar-refractivity contribution < 1.29 is 14.3 Å². The van der Waals surface area contributed by atoms with E-state index in [0.717, 1.165) is 49.6 Å². The maximum atomic E-state index is 12.5. The van der Waals surface area contributed by atoms with Crippen LogP contribution in [0.4, 0.5) is 0 Å². The molecule has 3 rings (SSSR count). The van der Waals surface area contributed by atoms with Crippen molar-refractivity contribution >= 4 is 5.91 Å². The van der Waals surface area contributed by atoms with Crippen LogP contribution in [0.15, 0.2) is 42.6 Å². The summed E-state index contributed by atoms with van der Waals surface area (Å²) in [7, 11) is 3.26. The number of rotatable bonds is 6. The van der Waals surface area contributed by atoms with Crippen LogP contribution in [0.1, 0.15) is 11.1 Å². The molecule has 6 heteroatoms. The molecule has 2 heterocycles. The van der Waals surface area contributed by atoms with Gasteiger partial charge in [-0.25, -0.2) is 4.98 Å². The Morgan fingerprint density at radius 2 is 1.65 bits per heavy atom. The van der Waals surface area contributed by atoms with Gasteiger partial charge in [-0.1, -0.05) is 18.2 Å². The average Bonchev–Trinajstić information content (AvgIpc) is 2.69. The minimum Gasteiger partial charge on any atom is -0.497 e. The summed E-state index contributed by atoms with van der Waals surface area (Å²) in [6, 6.07) is 11.6. The van der Waals surface area contributed by atoms with Crippen molar-refractivity contribution in [3.05, 3.63) is 53.7 Å². The van der Waals surface area contributed by atoms with Crippen molar-refractivity contribution in [1.82, 2.24) is 14.8 Å². The molecule has 1 aromatic heterocycles. The number of piperazine rings is 1. The van der Waals surface area contributed by atoms with Crippen LogP contribution in [0, 0.1) is 0 Å². The molecule has 1 amide bonds. The molecule has 1 aliphatic heterocycles. The van der Waals surface area contributed by atoms with Crippen LogP contribution in [0.25, 0.3) is 0 Å². The lowest BCUT2D eigenvalue weighted by Crippen LogP contribution is -2.48. The molecule has 0 spiro atoms. The highest BCUT2D eigenvalue weighted by Crippen LogP contribution is 2.14. The molecule has 0 bridgehead atoms. The van der Waals surface area contributed by atoms with Crippen molar-refractivity contribution in [2.45, 2.75) is 13.0 Å². The lowest BCUT2D eigenvalue weighted by molar-refractivity contribution is -0.132. The first-order valence-corrected chi connectivity index (χ1v) is 8.80. The second kappa shape index (κ2) is 8.67. The third-order valence-corrected chi connectivity index (χ3v) is 4.65. The van der Waals surface area contributed by atoms with Gasteiger partial charge in [0, 0.05) is 45.0 Å². The molecule has 2 aromatic rings. The van der Waals surface area contributed by atoms with Crippen molar-refractivity contribution in [3.8, 4) is 11.6 Å². The van der Waals surface area contributed by atoms with E-state index in [1.165, 1.54) is 0 Å². The third kappa shape index (κ3) is 4.73. The maximum absolute atomic E-state index is 12.5. The van der Waals surface area contributed by atoms with Gasteiger partial charge in [0.2, 0.25) is 11.8 Å². The lowest BCUT2D eigenvalue weighted by atomic mass is 10.1. The summed E-state index contributed by atoms with van der Waals surface area (Å²) < 4.78 is 10.2. The highest BCUT2D eigenvalue weighted by molar-refractivity contribution is 5.79. The standard InChI is InChI=1S/C20H25N3O3/c1-25-18-6-3-16(4-7-18)13-20(24)23-11-9-22(10-12-23)15-17-5-8-19(26-2)21-14-17/h3-8,14H,9-13,15H2,1-2H3. The van der Waals surface area contributed by atoms with Gasteiger partial charge >= 0.3 is 0 Å². The Morgan fingerprint density at radius 1 is 0.962 bits per heavy atom. The lowest BCUT2D eigenvalue weighted by Gasteiger charge is -2.34. The summed E-state index contributed by atoms with van der Waals surface area (Å²) in [5.41, 5.74) is 2.17. The Balaban J connectivity index is 1.46. The number of hydrogen-bond acceptors (Lipinski definition) is 5. The number of ether oxygens (including phenoxy) is 2. The SMILES string of the molecule is COc1ccc(CC(=O)N2CCN(Cc3ccc(OC)nc3)CC2)cc1. The Morgan fingerprint density at radius 3 is 2.23 bits per heavy atom. The van der Waals surface area contributed by atoms with Crippen LogP contribution in [0.3, 0.4) is 0 Å². The van der Waals surface area contributed by atoms with Crippen molar-refractivity contribution in [3.63, 3.8) is 0 Å². The number of amides is 1. The first-order valence-electron chi connectivity index (χ1n) is 8.80. The van der Waals surface area contributed by atoms with Crippen molar-refractivity contribution in [2.24, 2.45) is 0 Å². The van der Waals surface area contributed by atoms with Gasteiger partial charge in [0.15, 0.2) is 0 Å². The Bertz CT molecular complexity index is 708. The van der Waals surface area contributed by atoms with Crippen LogP contribution in [0.5, 0.6) is 11.6 Å². The van der Waals surface area contributed by atoms with E-state index in [1.807, 2.05) is 47.5 Å². The number of hydrogen-bond donors (Lipinski definition) is 0. The summed E-state index contributed by atoms with van der Waals surface area (Å²) in [6.07, 6.45) is 2.28. The smallest absolute Gasteiger partial charge is 0.227 e. The zero-order valence-electron chi connectivity index (χ0n) is 15.4. The first-order chi connectivity index (χ1) is 12.7. The highest BCUT2D eigenvalue weighted by atomic mass is 16.5. The molecule has 0 unspecified atom stereocenters. The quantitative estimate of drug-likeness (QED) is 0.793. The van der Waals surface area contributed by atoms with Crippen LogP contribution in [-0.4, -0.2) is 61.1 Å². The molecule has 1 aliphatic rings. The number of benzene rings is 1. The van der Waals surface area contributed by atoms with E-state index in [-0.39, 0.29) is 5.91 Å². The molecule has 0 aliphatic carbocycles. The number of carbonyl (C=O) groups excluding carboxylic acids is 1. The van der Waals surface area contributed by atoms with E-state index in [1.54, 1.807) is 14.2 Å². The maximum Gasteiger partial charge on any atom is 0.227 e. The largest absolute Gasteiger partial charge is 0.497 e. The van der Waals surface area contributed by atoms with Crippen LogP contribution >= 0.6 is 0 Å². The Hall–Kier alpha value is -2.60. The molecule has 138 valence electrons. The molecule has 0 atom stereocenters. The minimum absolute atomic E-state index is 0.181. The molecule has 1 aromatic carbocycles. The van der Waals surface area contributed by atoms with Gasteiger partial charge in [-0.3, -0.25) is 9.69 Å². The van der Waals surface area contributed by atoms with Gasteiger partial charge in [0.25, 0.3) is 0 Å². The van der Waals surface area contributed by atoms with Gasteiger partial charge < -0.3 is 14.4 Å². The van der Waals surface area contributed by atoms with E-state index in [9.17, 15) is 4.79 Å². The molecular formula is C20H25N3O3. The van der Waals surface area contributed by atoms with Crippen molar-refractivity contribution in [1.29, 1.82) is 0 Å². The summed E-state index contributed by atoms with van der Waals surface area (Å²) in [5.74, 6) is 1.62. The number of methoxy groups -OCH3 is 2. The Kier molecular flexibility index (Phi) is 6.07. The molecule has 6 nitrogen and oxygen atoms in total. The van der Waals surface area contributed by atoms with Crippen molar-refractivity contribution in [2.75, 3.05) is 40.4 Å². The highest BCUT2D eigenvalue weighted by Gasteiger charge is 2.21. The molecule has 0 radical (unpaired) electrons. The van der Waals surface area contributed by atoms with E-state index < -0.39 is 0 Å². The zero-order chi connectivity index (χ0) is 18.4. The fourth-order valence-corrected chi connectivity index (χ4v) is 3.07. The predicted molar refractivity (Wildman–Crippen MR) is 99.3 cm³/mol. The topological polar surface area (TPSA) is 54.9 Å². The number of aromatic nitrogens is 1. The minimum atomic E-state index is 0.181. The molecular weight excluding hydrogens is 330 g/mol. The molecule has 1 saturated heterocycles. The summed E-state index contributed by atoms with van der Waals surface area (Å²) in [4.78, 5) is 21.1. The molecule has 0 N–H and O–H groups in total. The second-order valence-electron chi connectivity index (χ2n) is 6.39. The van der Waals surface area contributed by atoms with E-state index >= 15 is 0 Å². The number of pyridine rings is 1. The monoisotopic (exact) mass is 355 g/mol. The fourth-order valence-electron chi connectivity index (χ4n) is 3.07. The van der Waals surface area contributed by atoms with Crippen LogP contribution in [-0.2, 0) is 17.8 Å². The summed E-state index contributed by atoms with van der Waals surface area (Å²) in [5, 5.41) is 0. The predicted octanol–water partition coefficient (Wildman–Crippen LogP) is 1.99. The molecule has 26 heavy (non-hydrogen) atoms. The Labute approximate surface area is 154 Å². The third-order valence-electron chi connectivity index (χ3n) is 4.65. The molecule has 0 saturated carbocycles. The normalized spacial score (nSPS) is 14.9.